The van der Waals surface area contributed by atoms with Gasteiger partial charge in [0.15, 0.2) is 0 Å². The molecule has 0 spiro atoms. The minimum atomic E-state index is 0.378. The standard InChI is InChI=1S/C16H30O/c1-6-12(2)10-13(3)11-15(5)16-14(4)8-7-9-17-16/h11-14,16H,6-10H2,1-5H3/b15-11+/t12-,13-,14+,16+/m0/s1. The van der Waals surface area contributed by atoms with Gasteiger partial charge in [0, 0.05) is 6.61 Å². The van der Waals surface area contributed by atoms with Crippen LogP contribution in [0.2, 0.25) is 0 Å². The van der Waals surface area contributed by atoms with Gasteiger partial charge in [-0.3, -0.25) is 0 Å². The van der Waals surface area contributed by atoms with Crippen molar-refractivity contribution in [3.8, 4) is 0 Å². The van der Waals surface area contributed by atoms with E-state index < -0.39 is 0 Å². The van der Waals surface area contributed by atoms with Gasteiger partial charge in [0.05, 0.1) is 6.10 Å². The first-order valence-corrected chi connectivity index (χ1v) is 7.34. The van der Waals surface area contributed by atoms with E-state index in [0.717, 1.165) is 12.5 Å². The molecule has 17 heavy (non-hydrogen) atoms. The Kier molecular flexibility index (Phi) is 6.26. The number of allylic oxidation sites excluding steroid dienone is 1. The number of ether oxygens (including phenoxy) is 1. The van der Waals surface area contributed by atoms with Gasteiger partial charge in [0.25, 0.3) is 0 Å². The molecule has 4 atom stereocenters. The minimum Gasteiger partial charge on any atom is -0.374 e. The maximum atomic E-state index is 5.92. The molecule has 1 heteroatoms. The van der Waals surface area contributed by atoms with Crippen LogP contribution in [0.4, 0.5) is 0 Å². The monoisotopic (exact) mass is 238 g/mol. The van der Waals surface area contributed by atoms with Crippen molar-refractivity contribution >= 4 is 0 Å². The maximum absolute atomic E-state index is 5.92. The summed E-state index contributed by atoms with van der Waals surface area (Å²) >= 11 is 0. The summed E-state index contributed by atoms with van der Waals surface area (Å²) < 4.78 is 5.92. The van der Waals surface area contributed by atoms with Gasteiger partial charge in [-0.25, -0.2) is 0 Å². The van der Waals surface area contributed by atoms with E-state index in [1.165, 1.54) is 31.3 Å². The fraction of sp³-hybridized carbons (Fsp3) is 0.875. The molecule has 0 radical (unpaired) electrons. The summed E-state index contributed by atoms with van der Waals surface area (Å²) in [5, 5.41) is 0. The molecule has 1 aliphatic heterocycles. The third-order valence-corrected chi connectivity index (χ3v) is 4.09. The second-order valence-electron chi connectivity index (χ2n) is 6.05. The van der Waals surface area contributed by atoms with E-state index in [0.29, 0.717) is 17.9 Å². The molecule has 0 aromatic heterocycles. The highest BCUT2D eigenvalue weighted by Gasteiger charge is 2.23. The van der Waals surface area contributed by atoms with Crippen LogP contribution in [-0.4, -0.2) is 12.7 Å². The summed E-state index contributed by atoms with van der Waals surface area (Å²) in [6.45, 7) is 12.5. The average molecular weight is 238 g/mol. The molecule has 0 aromatic carbocycles. The highest BCUT2D eigenvalue weighted by atomic mass is 16.5. The van der Waals surface area contributed by atoms with Gasteiger partial charge < -0.3 is 4.74 Å². The van der Waals surface area contributed by atoms with Crippen molar-refractivity contribution in [2.45, 2.75) is 66.4 Å². The highest BCUT2D eigenvalue weighted by Crippen LogP contribution is 2.27. The first-order valence-electron chi connectivity index (χ1n) is 7.34. The van der Waals surface area contributed by atoms with Crippen LogP contribution in [0, 0.1) is 17.8 Å². The summed E-state index contributed by atoms with van der Waals surface area (Å²) in [5.41, 5.74) is 1.45. The van der Waals surface area contributed by atoms with Crippen molar-refractivity contribution in [3.05, 3.63) is 11.6 Å². The SMILES string of the molecule is CC[C@H](C)C[C@H](C)/C=C(\C)[C@@H]1OCCC[C@H]1C. The van der Waals surface area contributed by atoms with Gasteiger partial charge in [-0.1, -0.05) is 40.2 Å². The zero-order chi connectivity index (χ0) is 12.8. The van der Waals surface area contributed by atoms with Crippen molar-refractivity contribution in [3.63, 3.8) is 0 Å². The molecule has 0 aliphatic carbocycles. The van der Waals surface area contributed by atoms with E-state index in [1.807, 2.05) is 0 Å². The third-order valence-electron chi connectivity index (χ3n) is 4.09. The van der Waals surface area contributed by atoms with Crippen LogP contribution in [0.5, 0.6) is 0 Å². The first-order chi connectivity index (χ1) is 8.04. The molecule has 0 saturated carbocycles. The summed E-state index contributed by atoms with van der Waals surface area (Å²) in [4.78, 5) is 0. The summed E-state index contributed by atoms with van der Waals surface area (Å²) in [5.74, 6) is 2.21. The van der Waals surface area contributed by atoms with E-state index in [9.17, 15) is 0 Å². The predicted molar refractivity (Wildman–Crippen MR) is 75.1 cm³/mol. The van der Waals surface area contributed by atoms with Gasteiger partial charge in [-0.15, -0.1) is 0 Å². The molecular weight excluding hydrogens is 208 g/mol. The lowest BCUT2D eigenvalue weighted by Gasteiger charge is -2.30. The third kappa shape index (κ3) is 4.83. The lowest BCUT2D eigenvalue weighted by Crippen LogP contribution is -2.28. The molecule has 100 valence electrons. The smallest absolute Gasteiger partial charge is 0.0807 e. The van der Waals surface area contributed by atoms with Gasteiger partial charge in [-0.2, -0.15) is 0 Å². The molecule has 0 aromatic rings. The predicted octanol–water partition coefficient (Wildman–Crippen LogP) is 4.82. The van der Waals surface area contributed by atoms with E-state index in [-0.39, 0.29) is 0 Å². The average Bonchev–Trinajstić information content (AvgIpc) is 2.29. The normalized spacial score (nSPS) is 30.1. The molecular formula is C16H30O. The fourth-order valence-corrected chi connectivity index (χ4v) is 2.92. The number of hydrogen-bond donors (Lipinski definition) is 0. The zero-order valence-electron chi connectivity index (χ0n) is 12.3. The second-order valence-corrected chi connectivity index (χ2v) is 6.05. The van der Waals surface area contributed by atoms with Crippen molar-refractivity contribution in [2.75, 3.05) is 6.61 Å². The molecule has 0 N–H and O–H groups in total. The largest absolute Gasteiger partial charge is 0.374 e. The summed E-state index contributed by atoms with van der Waals surface area (Å²) in [7, 11) is 0. The van der Waals surface area contributed by atoms with Gasteiger partial charge >= 0.3 is 0 Å². The van der Waals surface area contributed by atoms with Crippen LogP contribution in [0.15, 0.2) is 11.6 Å². The summed E-state index contributed by atoms with van der Waals surface area (Å²) in [6, 6.07) is 0. The second kappa shape index (κ2) is 7.20. The molecule has 0 unspecified atom stereocenters. The van der Waals surface area contributed by atoms with E-state index in [4.69, 9.17) is 4.74 Å². The minimum absolute atomic E-state index is 0.378. The topological polar surface area (TPSA) is 9.23 Å². The van der Waals surface area contributed by atoms with Crippen LogP contribution < -0.4 is 0 Å². The molecule has 1 rings (SSSR count). The molecule has 1 saturated heterocycles. The Morgan fingerprint density at radius 2 is 2.12 bits per heavy atom. The number of hydrogen-bond acceptors (Lipinski definition) is 1. The van der Waals surface area contributed by atoms with Crippen LogP contribution in [0.25, 0.3) is 0 Å². The van der Waals surface area contributed by atoms with Crippen molar-refractivity contribution in [1.29, 1.82) is 0 Å². The van der Waals surface area contributed by atoms with Crippen LogP contribution >= 0.6 is 0 Å². The zero-order valence-corrected chi connectivity index (χ0v) is 12.3. The Morgan fingerprint density at radius 1 is 1.41 bits per heavy atom. The van der Waals surface area contributed by atoms with Crippen LogP contribution in [-0.2, 0) is 4.74 Å². The highest BCUT2D eigenvalue weighted by molar-refractivity contribution is 5.09. The summed E-state index contributed by atoms with van der Waals surface area (Å²) in [6.07, 6.45) is 7.95. The lowest BCUT2D eigenvalue weighted by atomic mass is 9.88. The Bertz CT molecular complexity index is 244. The Morgan fingerprint density at radius 3 is 2.71 bits per heavy atom. The van der Waals surface area contributed by atoms with E-state index >= 15 is 0 Å². The van der Waals surface area contributed by atoms with Crippen molar-refractivity contribution < 1.29 is 4.74 Å². The van der Waals surface area contributed by atoms with Gasteiger partial charge in [0.2, 0.25) is 0 Å². The fourth-order valence-electron chi connectivity index (χ4n) is 2.92. The van der Waals surface area contributed by atoms with Crippen LogP contribution in [0.1, 0.15) is 60.3 Å². The Hall–Kier alpha value is -0.300. The Balaban J connectivity index is 2.51. The van der Waals surface area contributed by atoms with Gasteiger partial charge in [0.1, 0.15) is 0 Å². The molecule has 0 bridgehead atoms. The quantitative estimate of drug-likeness (QED) is 0.624. The molecule has 1 heterocycles. The number of rotatable bonds is 5. The first kappa shape index (κ1) is 14.8. The Labute approximate surface area is 108 Å². The molecule has 1 nitrogen and oxygen atoms in total. The van der Waals surface area contributed by atoms with Crippen molar-refractivity contribution in [2.24, 2.45) is 17.8 Å². The van der Waals surface area contributed by atoms with E-state index in [2.05, 4.69) is 40.7 Å². The van der Waals surface area contributed by atoms with E-state index in [1.54, 1.807) is 0 Å². The molecule has 1 aliphatic rings. The van der Waals surface area contributed by atoms with Crippen LogP contribution in [0.3, 0.4) is 0 Å². The van der Waals surface area contributed by atoms with Crippen molar-refractivity contribution in [1.82, 2.24) is 0 Å². The molecule has 0 amide bonds. The lowest BCUT2D eigenvalue weighted by molar-refractivity contribution is 0.00272. The molecule has 1 fully saturated rings. The van der Waals surface area contributed by atoms with Gasteiger partial charge in [-0.05, 0) is 49.5 Å². The maximum Gasteiger partial charge on any atom is 0.0807 e.